The highest BCUT2D eigenvalue weighted by Gasteiger charge is 2.30. The summed E-state index contributed by atoms with van der Waals surface area (Å²) in [6.07, 6.45) is 5.28. The van der Waals surface area contributed by atoms with E-state index in [1.165, 1.54) is 12.8 Å². The van der Waals surface area contributed by atoms with E-state index in [9.17, 15) is 4.79 Å². The van der Waals surface area contributed by atoms with E-state index in [0.717, 1.165) is 12.8 Å². The van der Waals surface area contributed by atoms with Crippen molar-refractivity contribution in [2.24, 2.45) is 11.7 Å². The molecule has 0 bridgehead atoms. The zero-order valence-electron chi connectivity index (χ0n) is 9.00. The van der Waals surface area contributed by atoms with Gasteiger partial charge < -0.3 is 10.5 Å². The van der Waals surface area contributed by atoms with Gasteiger partial charge in [0.1, 0.15) is 5.78 Å². The van der Waals surface area contributed by atoms with Crippen LogP contribution in [-0.2, 0) is 9.53 Å². The highest BCUT2D eigenvalue weighted by atomic mass is 16.5. The van der Waals surface area contributed by atoms with E-state index in [4.69, 9.17) is 10.5 Å². The lowest BCUT2D eigenvalue weighted by molar-refractivity contribution is -0.123. The quantitative estimate of drug-likeness (QED) is 0.659. The number of carbonyl (C=O) groups excluding carboxylic acids is 1. The molecule has 2 atom stereocenters. The number of ether oxygens (including phenoxy) is 1. The van der Waals surface area contributed by atoms with Gasteiger partial charge >= 0.3 is 0 Å². The van der Waals surface area contributed by atoms with Crippen LogP contribution in [0, 0.1) is 5.92 Å². The summed E-state index contributed by atoms with van der Waals surface area (Å²) in [6.45, 7) is 3.25. The molecule has 1 aliphatic heterocycles. The van der Waals surface area contributed by atoms with Crippen molar-refractivity contribution >= 4 is 5.78 Å². The van der Waals surface area contributed by atoms with Crippen LogP contribution in [0.3, 0.4) is 0 Å². The molecular weight excluding hydrogens is 178 g/mol. The van der Waals surface area contributed by atoms with Gasteiger partial charge in [0.2, 0.25) is 0 Å². The first-order valence-corrected chi connectivity index (χ1v) is 5.61. The number of ketones is 1. The van der Waals surface area contributed by atoms with Crippen LogP contribution in [0.15, 0.2) is 0 Å². The fraction of sp³-hybridized carbons (Fsp3) is 0.909. The fourth-order valence-corrected chi connectivity index (χ4v) is 1.81. The lowest BCUT2D eigenvalue weighted by Gasteiger charge is -2.11. The lowest BCUT2D eigenvalue weighted by Crippen LogP contribution is -2.33. The van der Waals surface area contributed by atoms with Crippen molar-refractivity contribution in [3.05, 3.63) is 0 Å². The molecule has 1 fully saturated rings. The zero-order chi connectivity index (χ0) is 10.4. The molecule has 0 radical (unpaired) electrons. The predicted molar refractivity (Wildman–Crippen MR) is 56.1 cm³/mol. The van der Waals surface area contributed by atoms with E-state index in [-0.39, 0.29) is 12.0 Å². The molecule has 0 aromatic carbocycles. The number of Topliss-reactive ketones (excluding diaryl/α,β-unsaturated/α-hetero) is 1. The Balaban J connectivity index is 2.14. The van der Waals surface area contributed by atoms with Gasteiger partial charge in [-0.3, -0.25) is 4.79 Å². The summed E-state index contributed by atoms with van der Waals surface area (Å²) in [5.74, 6) is 0.266. The van der Waals surface area contributed by atoms with Crippen LogP contribution in [0.5, 0.6) is 0 Å². The first-order chi connectivity index (χ1) is 6.75. The van der Waals surface area contributed by atoms with Crippen LogP contribution < -0.4 is 5.73 Å². The monoisotopic (exact) mass is 199 g/mol. The Hall–Kier alpha value is -0.410. The van der Waals surface area contributed by atoms with E-state index in [0.29, 0.717) is 25.4 Å². The summed E-state index contributed by atoms with van der Waals surface area (Å²) in [6, 6.07) is -0.0614. The van der Waals surface area contributed by atoms with E-state index < -0.39 is 0 Å². The standard InChI is InChI=1S/C11H21NO2/c1-2-3-4-5-6-11(13)9-7-14-8-10(9)12/h9-10H,2-8,12H2,1H3. The van der Waals surface area contributed by atoms with Crippen molar-refractivity contribution in [3.63, 3.8) is 0 Å². The molecule has 3 heteroatoms. The Morgan fingerprint density at radius 1 is 1.36 bits per heavy atom. The molecule has 2 unspecified atom stereocenters. The van der Waals surface area contributed by atoms with Crippen LogP contribution in [-0.4, -0.2) is 25.0 Å². The smallest absolute Gasteiger partial charge is 0.139 e. The fourth-order valence-electron chi connectivity index (χ4n) is 1.81. The second kappa shape index (κ2) is 6.14. The van der Waals surface area contributed by atoms with E-state index in [2.05, 4.69) is 6.92 Å². The largest absolute Gasteiger partial charge is 0.379 e. The molecule has 3 nitrogen and oxygen atoms in total. The van der Waals surface area contributed by atoms with Crippen molar-refractivity contribution in [2.45, 2.75) is 45.1 Å². The normalized spacial score (nSPS) is 26.7. The van der Waals surface area contributed by atoms with Crippen LogP contribution in [0.25, 0.3) is 0 Å². The Labute approximate surface area is 86.0 Å². The van der Waals surface area contributed by atoms with Gasteiger partial charge in [-0.1, -0.05) is 26.2 Å². The van der Waals surface area contributed by atoms with Crippen molar-refractivity contribution in [1.29, 1.82) is 0 Å². The topological polar surface area (TPSA) is 52.3 Å². The molecule has 1 saturated heterocycles. The SMILES string of the molecule is CCCCCCC(=O)C1COCC1N. The summed E-state index contributed by atoms with van der Waals surface area (Å²) < 4.78 is 5.17. The number of carbonyl (C=O) groups is 1. The minimum Gasteiger partial charge on any atom is -0.379 e. The summed E-state index contributed by atoms with van der Waals surface area (Å²) in [7, 11) is 0. The van der Waals surface area contributed by atoms with Gasteiger partial charge in [-0.05, 0) is 6.42 Å². The lowest BCUT2D eigenvalue weighted by atomic mass is 9.95. The highest BCUT2D eigenvalue weighted by molar-refractivity contribution is 5.82. The van der Waals surface area contributed by atoms with Crippen molar-refractivity contribution < 1.29 is 9.53 Å². The first-order valence-electron chi connectivity index (χ1n) is 5.61. The average Bonchev–Trinajstić information content (AvgIpc) is 2.59. The maximum absolute atomic E-state index is 11.7. The minimum atomic E-state index is -0.0614. The number of hydrogen-bond acceptors (Lipinski definition) is 3. The molecule has 0 saturated carbocycles. The van der Waals surface area contributed by atoms with Crippen LogP contribution in [0.4, 0.5) is 0 Å². The molecule has 14 heavy (non-hydrogen) atoms. The molecule has 1 rings (SSSR count). The molecule has 0 amide bonds. The summed E-state index contributed by atoms with van der Waals surface area (Å²) >= 11 is 0. The van der Waals surface area contributed by atoms with Crippen molar-refractivity contribution in [2.75, 3.05) is 13.2 Å². The predicted octanol–water partition coefficient (Wildman–Crippen LogP) is 1.50. The number of unbranched alkanes of at least 4 members (excludes halogenated alkanes) is 3. The van der Waals surface area contributed by atoms with Crippen molar-refractivity contribution in [1.82, 2.24) is 0 Å². The number of nitrogens with two attached hydrogens (primary N) is 1. The number of hydrogen-bond donors (Lipinski definition) is 1. The molecule has 1 aliphatic rings. The third-order valence-corrected chi connectivity index (χ3v) is 2.81. The van der Waals surface area contributed by atoms with Gasteiger partial charge in [-0.2, -0.15) is 0 Å². The number of rotatable bonds is 6. The Morgan fingerprint density at radius 3 is 2.71 bits per heavy atom. The second-order valence-electron chi connectivity index (χ2n) is 4.08. The first kappa shape index (κ1) is 11.7. The third kappa shape index (κ3) is 3.39. The molecular formula is C11H21NO2. The molecule has 2 N–H and O–H groups in total. The molecule has 0 aliphatic carbocycles. The van der Waals surface area contributed by atoms with Crippen LogP contribution >= 0.6 is 0 Å². The van der Waals surface area contributed by atoms with Gasteiger partial charge in [-0.15, -0.1) is 0 Å². The van der Waals surface area contributed by atoms with Crippen LogP contribution in [0.2, 0.25) is 0 Å². The molecule has 0 aromatic rings. The molecule has 0 spiro atoms. The second-order valence-corrected chi connectivity index (χ2v) is 4.08. The van der Waals surface area contributed by atoms with E-state index in [1.807, 2.05) is 0 Å². The molecule has 82 valence electrons. The Bertz CT molecular complexity index is 182. The Kier molecular flexibility index (Phi) is 5.12. The summed E-state index contributed by atoms with van der Waals surface area (Å²) in [4.78, 5) is 11.7. The maximum atomic E-state index is 11.7. The molecule has 0 aromatic heterocycles. The minimum absolute atomic E-state index is 0.0309. The van der Waals surface area contributed by atoms with Gasteiger partial charge in [0.25, 0.3) is 0 Å². The average molecular weight is 199 g/mol. The molecule has 1 heterocycles. The Morgan fingerprint density at radius 2 is 2.14 bits per heavy atom. The van der Waals surface area contributed by atoms with Gasteiger partial charge in [0.15, 0.2) is 0 Å². The van der Waals surface area contributed by atoms with E-state index in [1.54, 1.807) is 0 Å². The zero-order valence-corrected chi connectivity index (χ0v) is 9.00. The van der Waals surface area contributed by atoms with Gasteiger partial charge in [-0.25, -0.2) is 0 Å². The summed E-state index contributed by atoms with van der Waals surface area (Å²) in [5, 5.41) is 0. The maximum Gasteiger partial charge on any atom is 0.139 e. The highest BCUT2D eigenvalue weighted by Crippen LogP contribution is 2.16. The summed E-state index contributed by atoms with van der Waals surface area (Å²) in [5.41, 5.74) is 5.76. The third-order valence-electron chi connectivity index (χ3n) is 2.81. The van der Waals surface area contributed by atoms with Gasteiger partial charge in [0, 0.05) is 12.5 Å². The van der Waals surface area contributed by atoms with Crippen molar-refractivity contribution in [3.8, 4) is 0 Å². The van der Waals surface area contributed by atoms with Gasteiger partial charge in [0.05, 0.1) is 19.1 Å². The van der Waals surface area contributed by atoms with Crippen LogP contribution in [0.1, 0.15) is 39.0 Å². The van der Waals surface area contributed by atoms with E-state index >= 15 is 0 Å².